The Morgan fingerprint density at radius 2 is 1.59 bits per heavy atom. The van der Waals surface area contributed by atoms with Crippen molar-refractivity contribution in [1.82, 2.24) is 0 Å². The Bertz CT molecular complexity index is 683. The third-order valence-corrected chi connectivity index (χ3v) is 3.07. The third kappa shape index (κ3) is 3.63. The predicted molar refractivity (Wildman–Crippen MR) is 81.5 cm³/mol. The second kappa shape index (κ2) is 6.76. The van der Waals surface area contributed by atoms with E-state index in [0.29, 0.717) is 22.6 Å². The summed E-state index contributed by atoms with van der Waals surface area (Å²) in [5, 5.41) is 9.39. The molecule has 2 aromatic rings. The summed E-state index contributed by atoms with van der Waals surface area (Å²) < 4.78 is 23.3. The maximum atomic E-state index is 13.0. The van der Waals surface area contributed by atoms with E-state index < -0.39 is 11.8 Å². The lowest BCUT2D eigenvalue weighted by Crippen LogP contribution is -2.00. The average Bonchev–Trinajstić information content (AvgIpc) is 2.53. The predicted octanol–water partition coefficient (Wildman–Crippen LogP) is 3.47. The summed E-state index contributed by atoms with van der Waals surface area (Å²) in [5.74, 6) is -0.422. The Morgan fingerprint density at radius 1 is 1.05 bits per heavy atom. The smallest absolute Gasteiger partial charge is 0.336 e. The number of carboxylic acids is 1. The second-order valence-corrected chi connectivity index (χ2v) is 4.52. The summed E-state index contributed by atoms with van der Waals surface area (Å²) in [5.41, 5.74) is 1.07. The topological polar surface area (TPSA) is 55.8 Å². The van der Waals surface area contributed by atoms with Gasteiger partial charge in [-0.1, -0.05) is 12.1 Å². The molecule has 0 amide bonds. The van der Waals surface area contributed by atoms with Gasteiger partial charge in [-0.25, -0.2) is 9.18 Å². The first-order valence-corrected chi connectivity index (χ1v) is 6.47. The summed E-state index contributed by atoms with van der Waals surface area (Å²) in [6.07, 6.45) is 1.49. The normalized spacial score (nSPS) is 11.1. The molecule has 0 saturated carbocycles. The van der Waals surface area contributed by atoms with Crippen LogP contribution in [0.1, 0.15) is 11.1 Å². The number of methoxy groups -OCH3 is 2. The van der Waals surface area contributed by atoms with Crippen LogP contribution in [0.3, 0.4) is 0 Å². The zero-order valence-corrected chi connectivity index (χ0v) is 12.2. The number of hydrogen-bond acceptors (Lipinski definition) is 3. The van der Waals surface area contributed by atoms with Crippen LogP contribution in [0.25, 0.3) is 11.6 Å². The van der Waals surface area contributed by atoms with Crippen LogP contribution in [0.5, 0.6) is 11.5 Å². The minimum atomic E-state index is -1.10. The van der Waals surface area contributed by atoms with E-state index in [1.165, 1.54) is 44.6 Å². The lowest BCUT2D eigenvalue weighted by Gasteiger charge is -2.07. The first kappa shape index (κ1) is 15.6. The summed E-state index contributed by atoms with van der Waals surface area (Å²) in [6.45, 7) is 0. The van der Waals surface area contributed by atoms with Crippen molar-refractivity contribution in [3.8, 4) is 11.5 Å². The molecule has 0 heterocycles. The van der Waals surface area contributed by atoms with Crippen LogP contribution in [-0.4, -0.2) is 25.3 Å². The molecule has 1 N–H and O–H groups in total. The van der Waals surface area contributed by atoms with Gasteiger partial charge in [0.15, 0.2) is 0 Å². The van der Waals surface area contributed by atoms with E-state index in [4.69, 9.17) is 9.47 Å². The molecule has 4 nitrogen and oxygen atoms in total. The molecule has 0 aliphatic rings. The van der Waals surface area contributed by atoms with E-state index in [0.717, 1.165) is 0 Å². The van der Waals surface area contributed by atoms with Crippen LogP contribution in [-0.2, 0) is 4.79 Å². The summed E-state index contributed by atoms with van der Waals surface area (Å²) >= 11 is 0. The van der Waals surface area contributed by atoms with E-state index in [1.54, 1.807) is 18.2 Å². The summed E-state index contributed by atoms with van der Waals surface area (Å²) in [7, 11) is 3.03. The van der Waals surface area contributed by atoms with E-state index in [-0.39, 0.29) is 5.57 Å². The van der Waals surface area contributed by atoms with Gasteiger partial charge in [0.05, 0.1) is 19.8 Å². The van der Waals surface area contributed by atoms with Crippen LogP contribution in [0.15, 0.2) is 42.5 Å². The molecular formula is C17H15FO4. The zero-order chi connectivity index (χ0) is 16.1. The molecule has 0 radical (unpaired) electrons. The maximum absolute atomic E-state index is 13.0. The first-order valence-electron chi connectivity index (χ1n) is 6.47. The Kier molecular flexibility index (Phi) is 4.78. The van der Waals surface area contributed by atoms with Crippen LogP contribution < -0.4 is 9.47 Å². The Morgan fingerprint density at radius 3 is 2.05 bits per heavy atom. The summed E-state index contributed by atoms with van der Waals surface area (Å²) in [4.78, 5) is 11.5. The molecule has 5 heteroatoms. The fourth-order valence-corrected chi connectivity index (χ4v) is 1.98. The van der Waals surface area contributed by atoms with Gasteiger partial charge in [0.25, 0.3) is 0 Å². The van der Waals surface area contributed by atoms with Gasteiger partial charge in [-0.15, -0.1) is 0 Å². The van der Waals surface area contributed by atoms with Crippen molar-refractivity contribution in [2.75, 3.05) is 14.2 Å². The van der Waals surface area contributed by atoms with Gasteiger partial charge in [0.2, 0.25) is 0 Å². The molecule has 114 valence electrons. The Balaban J connectivity index is 2.50. The maximum Gasteiger partial charge on any atom is 0.336 e. The SMILES string of the molecule is COc1cc(/C=C(\C(=O)O)c2ccc(F)cc2)cc(OC)c1. The highest BCUT2D eigenvalue weighted by Crippen LogP contribution is 2.26. The average molecular weight is 302 g/mol. The van der Waals surface area contributed by atoms with E-state index in [2.05, 4.69) is 0 Å². The van der Waals surface area contributed by atoms with Gasteiger partial charge >= 0.3 is 5.97 Å². The second-order valence-electron chi connectivity index (χ2n) is 4.52. The Hall–Kier alpha value is -2.82. The van der Waals surface area contributed by atoms with Crippen molar-refractivity contribution < 1.29 is 23.8 Å². The largest absolute Gasteiger partial charge is 0.497 e. The molecule has 0 aliphatic carbocycles. The van der Waals surface area contributed by atoms with Gasteiger partial charge in [-0.3, -0.25) is 0 Å². The highest BCUT2D eigenvalue weighted by molar-refractivity contribution is 6.20. The monoisotopic (exact) mass is 302 g/mol. The minimum absolute atomic E-state index is 0.0512. The minimum Gasteiger partial charge on any atom is -0.497 e. The molecular weight excluding hydrogens is 287 g/mol. The number of ether oxygens (including phenoxy) is 2. The van der Waals surface area contributed by atoms with Crippen molar-refractivity contribution in [3.63, 3.8) is 0 Å². The highest BCUT2D eigenvalue weighted by atomic mass is 19.1. The van der Waals surface area contributed by atoms with Gasteiger partial charge in [0.1, 0.15) is 17.3 Å². The van der Waals surface area contributed by atoms with Crippen molar-refractivity contribution in [3.05, 3.63) is 59.4 Å². The number of rotatable bonds is 5. The van der Waals surface area contributed by atoms with Crippen LogP contribution in [0.2, 0.25) is 0 Å². The molecule has 2 rings (SSSR count). The lowest BCUT2D eigenvalue weighted by molar-refractivity contribution is -0.130. The summed E-state index contributed by atoms with van der Waals surface area (Å²) in [6, 6.07) is 10.4. The van der Waals surface area contributed by atoms with E-state index in [9.17, 15) is 14.3 Å². The first-order chi connectivity index (χ1) is 10.5. The number of benzene rings is 2. The lowest BCUT2D eigenvalue weighted by atomic mass is 10.0. The van der Waals surface area contributed by atoms with Crippen molar-refractivity contribution >= 4 is 17.6 Å². The molecule has 0 spiro atoms. The van der Waals surface area contributed by atoms with Crippen molar-refractivity contribution in [1.29, 1.82) is 0 Å². The molecule has 0 atom stereocenters. The number of aliphatic carboxylic acids is 1. The fourth-order valence-electron chi connectivity index (χ4n) is 1.98. The number of carboxylic acid groups (broad SMARTS) is 1. The third-order valence-electron chi connectivity index (χ3n) is 3.07. The Labute approximate surface area is 127 Å². The standard InChI is InChI=1S/C17H15FO4/c1-21-14-7-11(8-15(10-14)22-2)9-16(17(19)20)12-3-5-13(18)6-4-12/h3-10H,1-2H3,(H,19,20)/b16-9-. The number of carbonyl (C=O) groups is 1. The van der Waals surface area contributed by atoms with E-state index >= 15 is 0 Å². The van der Waals surface area contributed by atoms with Crippen molar-refractivity contribution in [2.24, 2.45) is 0 Å². The van der Waals surface area contributed by atoms with E-state index in [1.807, 2.05) is 0 Å². The van der Waals surface area contributed by atoms with Gasteiger partial charge in [0, 0.05) is 6.07 Å². The van der Waals surface area contributed by atoms with Crippen molar-refractivity contribution in [2.45, 2.75) is 0 Å². The molecule has 0 aromatic heterocycles. The molecule has 0 unspecified atom stereocenters. The van der Waals surface area contributed by atoms with Crippen LogP contribution >= 0.6 is 0 Å². The molecule has 0 bridgehead atoms. The zero-order valence-electron chi connectivity index (χ0n) is 12.2. The van der Waals surface area contributed by atoms with Crippen LogP contribution in [0.4, 0.5) is 4.39 Å². The van der Waals surface area contributed by atoms with Gasteiger partial charge in [-0.05, 0) is 41.5 Å². The molecule has 22 heavy (non-hydrogen) atoms. The van der Waals surface area contributed by atoms with Gasteiger partial charge < -0.3 is 14.6 Å². The molecule has 0 fully saturated rings. The molecule has 0 saturated heterocycles. The quantitative estimate of drug-likeness (QED) is 0.679. The van der Waals surface area contributed by atoms with Crippen LogP contribution in [0, 0.1) is 5.82 Å². The molecule has 0 aliphatic heterocycles. The number of halogens is 1. The van der Waals surface area contributed by atoms with Gasteiger partial charge in [-0.2, -0.15) is 0 Å². The highest BCUT2D eigenvalue weighted by Gasteiger charge is 2.11. The molecule has 2 aromatic carbocycles. The fraction of sp³-hybridized carbons (Fsp3) is 0.118. The number of hydrogen-bond donors (Lipinski definition) is 1.